The van der Waals surface area contributed by atoms with Gasteiger partial charge in [-0.3, -0.25) is 4.79 Å². The summed E-state index contributed by atoms with van der Waals surface area (Å²) in [5.74, 6) is 1.68. The van der Waals surface area contributed by atoms with E-state index in [1.165, 1.54) is 6.08 Å². The van der Waals surface area contributed by atoms with Crippen LogP contribution in [0, 0.1) is 0 Å². The quantitative estimate of drug-likeness (QED) is 0.274. The number of hydrogen-bond donors (Lipinski definition) is 3. The van der Waals surface area contributed by atoms with Gasteiger partial charge in [-0.1, -0.05) is 23.2 Å². The standard InChI is InChI=1S/C25H26Cl2N4O4/c1-5-28-19-13-17(26)18(27)14-20(19)31-23(32)9-8-15-7-6-10-29-25(15)30-16-11-21(33-2)24(35-4)22(12-16)34-3/h6-14,28H,5H2,1-4H3,(H,29,30)(H,31,32)/b9-8+. The number of nitrogens with one attached hydrogen (secondary N) is 3. The maximum Gasteiger partial charge on any atom is 0.248 e. The number of ether oxygens (including phenoxy) is 3. The highest BCUT2D eigenvalue weighted by molar-refractivity contribution is 6.42. The zero-order valence-corrected chi connectivity index (χ0v) is 21.3. The lowest BCUT2D eigenvalue weighted by Crippen LogP contribution is -2.11. The number of methoxy groups -OCH3 is 3. The molecule has 0 radical (unpaired) electrons. The number of pyridine rings is 1. The molecule has 1 aromatic heterocycles. The van der Waals surface area contributed by atoms with Crippen molar-refractivity contribution >= 4 is 58.1 Å². The van der Waals surface area contributed by atoms with Gasteiger partial charge in [0, 0.05) is 42.2 Å². The van der Waals surface area contributed by atoms with Gasteiger partial charge in [-0.25, -0.2) is 4.98 Å². The Kier molecular flexibility index (Phi) is 9.05. The molecule has 0 aliphatic heterocycles. The van der Waals surface area contributed by atoms with E-state index in [9.17, 15) is 4.79 Å². The fraction of sp³-hybridized carbons (Fsp3) is 0.200. The number of nitrogens with zero attached hydrogens (tertiary/aromatic N) is 1. The average molecular weight is 517 g/mol. The molecule has 1 heterocycles. The number of benzene rings is 2. The Balaban J connectivity index is 1.82. The van der Waals surface area contributed by atoms with E-state index in [-0.39, 0.29) is 5.91 Å². The Morgan fingerprint density at radius 2 is 1.66 bits per heavy atom. The highest BCUT2D eigenvalue weighted by Crippen LogP contribution is 2.40. The molecule has 2 aromatic carbocycles. The maximum atomic E-state index is 12.7. The summed E-state index contributed by atoms with van der Waals surface area (Å²) in [6.07, 6.45) is 4.72. The van der Waals surface area contributed by atoms with Gasteiger partial charge < -0.3 is 30.2 Å². The third kappa shape index (κ3) is 6.49. The van der Waals surface area contributed by atoms with Gasteiger partial charge in [0.25, 0.3) is 0 Å². The minimum absolute atomic E-state index is 0.342. The number of carbonyl (C=O) groups excluding carboxylic acids is 1. The molecule has 0 atom stereocenters. The van der Waals surface area contributed by atoms with E-state index < -0.39 is 0 Å². The average Bonchev–Trinajstić information content (AvgIpc) is 2.86. The lowest BCUT2D eigenvalue weighted by atomic mass is 10.2. The third-order valence-electron chi connectivity index (χ3n) is 4.87. The van der Waals surface area contributed by atoms with Crippen molar-refractivity contribution < 1.29 is 19.0 Å². The van der Waals surface area contributed by atoms with Crippen LogP contribution in [0.2, 0.25) is 10.0 Å². The van der Waals surface area contributed by atoms with Gasteiger partial charge in [-0.2, -0.15) is 0 Å². The number of aromatic nitrogens is 1. The van der Waals surface area contributed by atoms with Crippen LogP contribution in [0.3, 0.4) is 0 Å². The summed E-state index contributed by atoms with van der Waals surface area (Å²) in [6, 6.07) is 10.4. The van der Waals surface area contributed by atoms with Gasteiger partial charge in [0.15, 0.2) is 11.5 Å². The van der Waals surface area contributed by atoms with Crippen molar-refractivity contribution in [1.29, 1.82) is 0 Å². The van der Waals surface area contributed by atoms with Crippen molar-refractivity contribution in [3.05, 3.63) is 64.3 Å². The molecule has 0 bridgehead atoms. The molecular formula is C25H26Cl2N4O4. The molecular weight excluding hydrogens is 491 g/mol. The molecule has 0 fully saturated rings. The third-order valence-corrected chi connectivity index (χ3v) is 5.59. The van der Waals surface area contributed by atoms with Crippen LogP contribution in [0.1, 0.15) is 12.5 Å². The smallest absolute Gasteiger partial charge is 0.248 e. The van der Waals surface area contributed by atoms with Crippen LogP contribution < -0.4 is 30.2 Å². The summed E-state index contributed by atoms with van der Waals surface area (Å²) < 4.78 is 16.2. The van der Waals surface area contributed by atoms with E-state index >= 15 is 0 Å². The lowest BCUT2D eigenvalue weighted by molar-refractivity contribution is -0.111. The fourth-order valence-corrected chi connectivity index (χ4v) is 3.60. The number of carbonyl (C=O) groups is 1. The first-order valence-electron chi connectivity index (χ1n) is 10.6. The maximum absolute atomic E-state index is 12.7. The number of rotatable bonds is 10. The SMILES string of the molecule is CCNc1cc(Cl)c(Cl)cc1NC(=O)/C=C/c1cccnc1Nc1cc(OC)c(OC)c(OC)c1. The van der Waals surface area contributed by atoms with Crippen LogP contribution in [-0.4, -0.2) is 38.8 Å². The van der Waals surface area contributed by atoms with Crippen LogP contribution in [0.15, 0.2) is 48.7 Å². The molecule has 0 saturated heterocycles. The van der Waals surface area contributed by atoms with E-state index in [0.717, 1.165) is 0 Å². The van der Waals surface area contributed by atoms with Crippen LogP contribution in [-0.2, 0) is 4.79 Å². The zero-order chi connectivity index (χ0) is 25.4. The van der Waals surface area contributed by atoms with Crippen molar-refractivity contribution in [2.24, 2.45) is 0 Å². The molecule has 0 unspecified atom stereocenters. The molecule has 0 aliphatic carbocycles. The lowest BCUT2D eigenvalue weighted by Gasteiger charge is -2.15. The van der Waals surface area contributed by atoms with Crippen LogP contribution in [0.4, 0.5) is 22.9 Å². The van der Waals surface area contributed by atoms with Crippen molar-refractivity contribution in [3.63, 3.8) is 0 Å². The van der Waals surface area contributed by atoms with Crippen molar-refractivity contribution in [1.82, 2.24) is 4.98 Å². The summed E-state index contributed by atoms with van der Waals surface area (Å²) in [4.78, 5) is 17.1. The number of anilines is 4. The van der Waals surface area contributed by atoms with E-state index in [2.05, 4.69) is 20.9 Å². The van der Waals surface area contributed by atoms with Gasteiger partial charge in [0.05, 0.1) is 42.7 Å². The van der Waals surface area contributed by atoms with Crippen LogP contribution in [0.25, 0.3) is 6.08 Å². The predicted octanol–water partition coefficient (Wildman–Crippen LogP) is 6.24. The van der Waals surface area contributed by atoms with Crippen LogP contribution in [0.5, 0.6) is 17.2 Å². The Morgan fingerprint density at radius 1 is 1.00 bits per heavy atom. The van der Waals surface area contributed by atoms with Crippen molar-refractivity contribution in [2.75, 3.05) is 43.8 Å². The zero-order valence-electron chi connectivity index (χ0n) is 19.7. The van der Waals surface area contributed by atoms with Crippen molar-refractivity contribution in [3.8, 4) is 17.2 Å². The molecule has 184 valence electrons. The highest BCUT2D eigenvalue weighted by atomic mass is 35.5. The summed E-state index contributed by atoms with van der Waals surface area (Å²) in [6.45, 7) is 2.60. The molecule has 0 aliphatic rings. The second-order valence-electron chi connectivity index (χ2n) is 7.15. The molecule has 0 saturated carbocycles. The molecule has 0 spiro atoms. The largest absolute Gasteiger partial charge is 0.493 e. The van der Waals surface area contributed by atoms with Gasteiger partial charge in [-0.05, 0) is 37.3 Å². The van der Waals surface area contributed by atoms with Gasteiger partial charge in [0.2, 0.25) is 11.7 Å². The Morgan fingerprint density at radius 3 is 2.26 bits per heavy atom. The Bertz CT molecular complexity index is 1210. The molecule has 3 rings (SSSR count). The van der Waals surface area contributed by atoms with Gasteiger partial charge in [-0.15, -0.1) is 0 Å². The molecule has 3 aromatic rings. The topological polar surface area (TPSA) is 93.7 Å². The first kappa shape index (κ1) is 26.0. The van der Waals surface area contributed by atoms with E-state index in [0.29, 0.717) is 62.3 Å². The van der Waals surface area contributed by atoms with E-state index in [1.54, 1.807) is 63.9 Å². The van der Waals surface area contributed by atoms with E-state index in [1.807, 2.05) is 13.0 Å². The second kappa shape index (κ2) is 12.2. The Labute approximate surface area is 214 Å². The summed E-state index contributed by atoms with van der Waals surface area (Å²) in [7, 11) is 4.63. The van der Waals surface area contributed by atoms with Gasteiger partial charge >= 0.3 is 0 Å². The summed E-state index contributed by atoms with van der Waals surface area (Å²) in [5.41, 5.74) is 2.56. The minimum Gasteiger partial charge on any atom is -0.493 e. The number of amides is 1. The first-order chi connectivity index (χ1) is 16.9. The normalized spacial score (nSPS) is 10.7. The Hall–Kier alpha value is -3.62. The molecule has 35 heavy (non-hydrogen) atoms. The monoisotopic (exact) mass is 516 g/mol. The number of hydrogen-bond acceptors (Lipinski definition) is 7. The summed E-state index contributed by atoms with van der Waals surface area (Å²) in [5, 5.41) is 9.96. The fourth-order valence-electron chi connectivity index (χ4n) is 3.27. The predicted molar refractivity (Wildman–Crippen MR) is 142 cm³/mol. The number of halogens is 2. The van der Waals surface area contributed by atoms with Gasteiger partial charge in [0.1, 0.15) is 5.82 Å². The van der Waals surface area contributed by atoms with Crippen LogP contribution >= 0.6 is 23.2 Å². The first-order valence-corrected chi connectivity index (χ1v) is 11.4. The molecule has 10 heteroatoms. The molecule has 3 N–H and O–H groups in total. The minimum atomic E-state index is -0.342. The summed E-state index contributed by atoms with van der Waals surface area (Å²) >= 11 is 12.2. The highest BCUT2D eigenvalue weighted by Gasteiger charge is 2.14. The van der Waals surface area contributed by atoms with E-state index in [4.69, 9.17) is 37.4 Å². The molecule has 8 nitrogen and oxygen atoms in total. The molecule has 1 amide bonds. The van der Waals surface area contributed by atoms with Crippen molar-refractivity contribution in [2.45, 2.75) is 6.92 Å². The second-order valence-corrected chi connectivity index (χ2v) is 7.96.